The summed E-state index contributed by atoms with van der Waals surface area (Å²) in [5.41, 5.74) is 7.23. The Labute approximate surface area is 206 Å². The average molecular weight is 495 g/mol. The number of halogens is 1. The third kappa shape index (κ3) is 4.51. The number of carbonyl (C=O) groups excluding carboxylic acids is 3. The fourth-order valence-electron chi connectivity index (χ4n) is 4.96. The van der Waals surface area contributed by atoms with Crippen molar-refractivity contribution in [1.29, 1.82) is 0 Å². The predicted molar refractivity (Wildman–Crippen MR) is 128 cm³/mol. The van der Waals surface area contributed by atoms with Crippen molar-refractivity contribution in [1.82, 2.24) is 35.5 Å². The smallest absolute Gasteiger partial charge is 0.269 e. The zero-order chi connectivity index (χ0) is 25.4. The normalized spacial score (nSPS) is 23.8. The Bertz CT molecular complexity index is 1320. The Morgan fingerprint density at radius 2 is 2.08 bits per heavy atom. The van der Waals surface area contributed by atoms with Crippen molar-refractivity contribution >= 4 is 28.6 Å². The van der Waals surface area contributed by atoms with Crippen LogP contribution in [0.3, 0.4) is 0 Å². The van der Waals surface area contributed by atoms with E-state index in [1.807, 2.05) is 13.0 Å². The molecule has 1 aromatic carbocycles. The second-order valence-electron chi connectivity index (χ2n) is 9.61. The van der Waals surface area contributed by atoms with Gasteiger partial charge >= 0.3 is 0 Å². The highest BCUT2D eigenvalue weighted by Crippen LogP contribution is 2.27. The number of alkyl halides is 1. The second kappa shape index (κ2) is 9.26. The van der Waals surface area contributed by atoms with Crippen LogP contribution in [0, 0.1) is 0 Å². The number of nitrogens with one attached hydrogen (secondary N) is 2. The standard InChI is InChI=1S/C24H27FN8O3/c1-24(5-7-27-13-24)30-23(36)19-9-16(25)11-32(19)20(34)12-33-18-3-2-14(15-4-6-28-29-10-15)8-17(18)21(31-33)22(26)35/h2-4,6,8,10,16,19,27H,5,7,9,11-13H2,1H3,(H2,26,35)(H,30,36). The molecule has 2 fully saturated rings. The van der Waals surface area contributed by atoms with Gasteiger partial charge in [-0.1, -0.05) is 6.07 Å². The first-order chi connectivity index (χ1) is 17.2. The van der Waals surface area contributed by atoms with Crippen molar-refractivity contribution in [3.63, 3.8) is 0 Å². The lowest BCUT2D eigenvalue weighted by Crippen LogP contribution is -2.54. The molecule has 2 aliphatic rings. The lowest BCUT2D eigenvalue weighted by atomic mass is 10.0. The van der Waals surface area contributed by atoms with Crippen LogP contribution in [0.2, 0.25) is 0 Å². The summed E-state index contributed by atoms with van der Waals surface area (Å²) in [6, 6.07) is 6.17. The van der Waals surface area contributed by atoms with E-state index in [1.165, 1.54) is 9.58 Å². The highest BCUT2D eigenvalue weighted by Gasteiger charge is 2.42. The number of rotatable bonds is 6. The summed E-state index contributed by atoms with van der Waals surface area (Å²) in [6.07, 6.45) is 2.54. The van der Waals surface area contributed by atoms with Crippen LogP contribution in [0.25, 0.3) is 22.0 Å². The first kappa shape index (κ1) is 23.8. The summed E-state index contributed by atoms with van der Waals surface area (Å²) in [4.78, 5) is 39.7. The van der Waals surface area contributed by atoms with Gasteiger partial charge in [-0.05, 0) is 43.7 Å². The monoisotopic (exact) mass is 494 g/mol. The maximum Gasteiger partial charge on any atom is 0.269 e. The molecule has 3 unspecified atom stereocenters. The van der Waals surface area contributed by atoms with Crippen molar-refractivity contribution in [3.05, 3.63) is 42.4 Å². The summed E-state index contributed by atoms with van der Waals surface area (Å²) in [6.45, 7) is 2.88. The van der Waals surface area contributed by atoms with Crippen LogP contribution in [0.1, 0.15) is 30.3 Å². The van der Waals surface area contributed by atoms with Gasteiger partial charge in [0.1, 0.15) is 18.8 Å². The van der Waals surface area contributed by atoms with Crippen LogP contribution < -0.4 is 16.4 Å². The van der Waals surface area contributed by atoms with E-state index < -0.39 is 29.6 Å². The molecule has 5 rings (SSSR count). The molecule has 0 spiro atoms. The number of hydrogen-bond donors (Lipinski definition) is 3. The summed E-state index contributed by atoms with van der Waals surface area (Å²) < 4.78 is 15.8. The highest BCUT2D eigenvalue weighted by molar-refractivity contribution is 6.05. The molecule has 0 bridgehead atoms. The van der Waals surface area contributed by atoms with E-state index in [0.29, 0.717) is 17.4 Å². The summed E-state index contributed by atoms with van der Waals surface area (Å²) in [7, 11) is 0. The second-order valence-corrected chi connectivity index (χ2v) is 9.61. The number of likely N-dealkylation sites (tertiary alicyclic amines) is 1. The van der Waals surface area contributed by atoms with Crippen LogP contribution in [0.5, 0.6) is 0 Å². The summed E-state index contributed by atoms with van der Waals surface area (Å²) in [5.74, 6) is -1.57. The molecule has 2 aromatic heterocycles. The number of fused-ring (bicyclic) bond motifs is 1. The summed E-state index contributed by atoms with van der Waals surface area (Å²) in [5, 5.41) is 18.6. The number of primary amides is 1. The molecule has 4 heterocycles. The molecule has 2 aliphatic heterocycles. The maximum atomic E-state index is 14.4. The molecule has 12 heteroatoms. The lowest BCUT2D eigenvalue weighted by molar-refractivity contribution is -0.139. The van der Waals surface area contributed by atoms with E-state index in [-0.39, 0.29) is 31.1 Å². The van der Waals surface area contributed by atoms with Crippen molar-refractivity contribution < 1.29 is 18.8 Å². The minimum absolute atomic E-state index is 0.0161. The van der Waals surface area contributed by atoms with Gasteiger partial charge in [0, 0.05) is 23.9 Å². The van der Waals surface area contributed by atoms with Crippen molar-refractivity contribution in [2.24, 2.45) is 5.73 Å². The highest BCUT2D eigenvalue weighted by atomic mass is 19.1. The van der Waals surface area contributed by atoms with Crippen LogP contribution in [-0.2, 0) is 16.1 Å². The molecule has 36 heavy (non-hydrogen) atoms. The SMILES string of the molecule is CC1(NC(=O)C2CC(F)CN2C(=O)Cn2nc(C(N)=O)c3cc(-c4ccnnc4)ccc32)CCNC1. The van der Waals surface area contributed by atoms with Crippen molar-refractivity contribution in [2.45, 2.75) is 44.1 Å². The molecule has 3 aromatic rings. The lowest BCUT2D eigenvalue weighted by Gasteiger charge is -2.29. The molecule has 4 N–H and O–H groups in total. The van der Waals surface area contributed by atoms with E-state index in [0.717, 1.165) is 24.1 Å². The first-order valence-electron chi connectivity index (χ1n) is 11.8. The quantitative estimate of drug-likeness (QED) is 0.449. The van der Waals surface area contributed by atoms with Crippen LogP contribution in [0.4, 0.5) is 4.39 Å². The Hall–Kier alpha value is -3.93. The van der Waals surface area contributed by atoms with Crippen LogP contribution in [0.15, 0.2) is 36.7 Å². The molecule has 11 nitrogen and oxygen atoms in total. The topological polar surface area (TPSA) is 148 Å². The number of amides is 3. The average Bonchev–Trinajstić information content (AvgIpc) is 3.56. The number of nitrogens with two attached hydrogens (primary N) is 1. The Morgan fingerprint density at radius 3 is 2.78 bits per heavy atom. The number of benzene rings is 1. The van der Waals surface area contributed by atoms with Gasteiger partial charge in [0.15, 0.2) is 5.69 Å². The van der Waals surface area contributed by atoms with Crippen molar-refractivity contribution in [2.75, 3.05) is 19.6 Å². The molecular weight excluding hydrogens is 467 g/mol. The largest absolute Gasteiger partial charge is 0.364 e. The first-order valence-corrected chi connectivity index (χ1v) is 11.8. The molecular formula is C24H27FN8O3. The van der Waals surface area contributed by atoms with E-state index >= 15 is 0 Å². The molecule has 188 valence electrons. The molecule has 2 saturated heterocycles. The van der Waals surface area contributed by atoms with Gasteiger partial charge in [-0.2, -0.15) is 15.3 Å². The van der Waals surface area contributed by atoms with Gasteiger partial charge in [0.05, 0.1) is 30.0 Å². The number of hydrogen-bond acceptors (Lipinski definition) is 7. The molecule has 3 atom stereocenters. The van der Waals surface area contributed by atoms with Gasteiger partial charge in [-0.3, -0.25) is 19.1 Å². The molecule has 0 radical (unpaired) electrons. The number of aromatic nitrogens is 4. The zero-order valence-electron chi connectivity index (χ0n) is 19.8. The van der Waals surface area contributed by atoms with Gasteiger partial charge < -0.3 is 21.3 Å². The van der Waals surface area contributed by atoms with Crippen LogP contribution >= 0.6 is 0 Å². The minimum Gasteiger partial charge on any atom is -0.364 e. The van der Waals surface area contributed by atoms with E-state index in [1.54, 1.807) is 30.6 Å². The number of carbonyl (C=O) groups is 3. The fraction of sp³-hybridized carbons (Fsp3) is 0.417. The third-order valence-corrected chi connectivity index (χ3v) is 6.85. The van der Waals surface area contributed by atoms with E-state index in [2.05, 4.69) is 25.9 Å². The molecule has 0 saturated carbocycles. The Balaban J connectivity index is 1.40. The minimum atomic E-state index is -1.30. The zero-order valence-corrected chi connectivity index (χ0v) is 19.8. The molecule has 3 amide bonds. The van der Waals surface area contributed by atoms with Gasteiger partial charge in [-0.15, -0.1) is 0 Å². The Morgan fingerprint density at radius 1 is 1.25 bits per heavy atom. The predicted octanol–water partition coefficient (Wildman–Crippen LogP) is 0.399. The van der Waals surface area contributed by atoms with Gasteiger partial charge in [0.25, 0.3) is 5.91 Å². The maximum absolute atomic E-state index is 14.4. The fourth-order valence-corrected chi connectivity index (χ4v) is 4.96. The number of nitrogens with zero attached hydrogens (tertiary/aromatic N) is 5. The van der Waals surface area contributed by atoms with Crippen LogP contribution in [-0.4, -0.2) is 80.0 Å². The van der Waals surface area contributed by atoms with Gasteiger partial charge in [-0.25, -0.2) is 4.39 Å². The summed E-state index contributed by atoms with van der Waals surface area (Å²) >= 11 is 0. The van der Waals surface area contributed by atoms with E-state index in [9.17, 15) is 18.8 Å². The van der Waals surface area contributed by atoms with E-state index in [4.69, 9.17) is 5.73 Å². The van der Waals surface area contributed by atoms with Crippen molar-refractivity contribution in [3.8, 4) is 11.1 Å². The van der Waals surface area contributed by atoms with Gasteiger partial charge in [0.2, 0.25) is 11.8 Å². The Kier molecular flexibility index (Phi) is 6.12. The molecule has 0 aliphatic carbocycles. The third-order valence-electron chi connectivity index (χ3n) is 6.85.